The minimum atomic E-state index is -3.78. The predicted molar refractivity (Wildman–Crippen MR) is 139 cm³/mol. The quantitative estimate of drug-likeness (QED) is 0.165. The number of aryl methyl sites for hydroxylation is 1. The molecule has 3 rings (SSSR count). The molecule has 12 heteroatoms. The number of unbranched alkanes of at least 4 members (excludes halogenated alkanes) is 2. The molecule has 0 saturated heterocycles. The fraction of sp³-hybridized carbons (Fsp3) is 0.391. The van der Waals surface area contributed by atoms with E-state index in [1.807, 2.05) is 18.2 Å². The molecule has 3 aromatic rings. The Morgan fingerprint density at radius 2 is 1.80 bits per heavy atom. The highest BCUT2D eigenvalue weighted by Crippen LogP contribution is 2.59. The van der Waals surface area contributed by atoms with Crippen LogP contribution in [0.2, 0.25) is 0 Å². The van der Waals surface area contributed by atoms with Gasteiger partial charge in [-0.05, 0) is 40.0 Å². The van der Waals surface area contributed by atoms with E-state index >= 15 is 0 Å². The van der Waals surface area contributed by atoms with Crippen LogP contribution in [-0.4, -0.2) is 29.0 Å². The van der Waals surface area contributed by atoms with E-state index in [0.717, 1.165) is 12.0 Å². The van der Waals surface area contributed by atoms with Crippen LogP contribution in [0.25, 0.3) is 28.6 Å². The van der Waals surface area contributed by atoms with Crippen molar-refractivity contribution in [2.75, 3.05) is 19.5 Å². The Bertz CT molecular complexity index is 1310. The van der Waals surface area contributed by atoms with Crippen LogP contribution < -0.4 is 5.69 Å². The lowest BCUT2D eigenvalue weighted by Gasteiger charge is -2.03. The third-order valence-electron chi connectivity index (χ3n) is 5.06. The van der Waals surface area contributed by atoms with Crippen molar-refractivity contribution in [3.05, 3.63) is 58.7 Å². The van der Waals surface area contributed by atoms with Gasteiger partial charge in [0, 0.05) is 18.0 Å². The number of hydrogen-bond donors (Lipinski definition) is 0. The number of allylic oxidation sites excluding steroid dienone is 1. The zero-order chi connectivity index (χ0) is 25.4. The Morgan fingerprint density at radius 1 is 1.11 bits per heavy atom. The van der Waals surface area contributed by atoms with E-state index in [9.17, 15) is 18.5 Å². The Hall–Kier alpha value is -2.27. The zero-order valence-corrected chi connectivity index (χ0v) is 22.6. The molecule has 0 saturated carbocycles. The van der Waals surface area contributed by atoms with E-state index in [4.69, 9.17) is 13.0 Å². The SMILES string of the molecule is CCCCCc1ccc(-c2cc3cn(/C=C/CCP(=O)(O[P+](C)=O)O[P+](C)=O)c(=O)nc3o2)cc1. The number of benzene rings is 1. The van der Waals surface area contributed by atoms with Crippen molar-refractivity contribution in [3.8, 4) is 11.3 Å². The Balaban J connectivity index is 1.72. The van der Waals surface area contributed by atoms with Crippen LogP contribution in [0.4, 0.5) is 0 Å². The molecule has 2 aromatic heterocycles. The molecule has 1 aromatic carbocycles. The smallest absolute Gasteiger partial charge is 0.437 e. The highest BCUT2D eigenvalue weighted by Gasteiger charge is 2.40. The largest absolute Gasteiger partial charge is 0.513 e. The lowest BCUT2D eigenvalue weighted by molar-refractivity contribution is 0.394. The maximum Gasteiger partial charge on any atom is 0.513 e. The van der Waals surface area contributed by atoms with Gasteiger partial charge in [0.15, 0.2) is 13.3 Å². The summed E-state index contributed by atoms with van der Waals surface area (Å²) in [6.07, 6.45) is 9.31. The average Bonchev–Trinajstić information content (AvgIpc) is 3.19. The molecule has 186 valence electrons. The maximum absolute atomic E-state index is 12.6. The van der Waals surface area contributed by atoms with Crippen molar-refractivity contribution in [1.29, 1.82) is 0 Å². The molecule has 2 unspecified atom stereocenters. The molecule has 0 radical (unpaired) electrons. The summed E-state index contributed by atoms with van der Waals surface area (Å²) in [5.41, 5.74) is 1.88. The van der Waals surface area contributed by atoms with Crippen LogP contribution in [0.15, 0.2) is 51.8 Å². The van der Waals surface area contributed by atoms with Crippen LogP contribution in [0.1, 0.15) is 38.2 Å². The van der Waals surface area contributed by atoms with Crippen LogP contribution in [0.3, 0.4) is 0 Å². The molecule has 9 nitrogen and oxygen atoms in total. The van der Waals surface area contributed by atoms with E-state index in [2.05, 4.69) is 24.0 Å². The lowest BCUT2D eigenvalue weighted by atomic mass is 10.0. The standard InChI is InChI=1S/C23H29N2O7P3/c1-4-5-6-9-18-10-12-19(13-11-18)21-16-20-17-25(23(26)24-22(20)30-21)14-7-8-15-35(29,31-33(2)27)32-34(3)28/h7,10-14,16-17H,4-6,8-9,15H2,1-3H3/q+2/b14-7+. The lowest BCUT2D eigenvalue weighted by Crippen LogP contribution is -2.17. The molecule has 0 N–H and O–H groups in total. The minimum absolute atomic E-state index is 0.137. The van der Waals surface area contributed by atoms with Crippen LogP contribution in [0, 0.1) is 0 Å². The zero-order valence-electron chi connectivity index (χ0n) is 20.0. The summed E-state index contributed by atoms with van der Waals surface area (Å²) in [6, 6.07) is 10.00. The minimum Gasteiger partial charge on any atom is -0.437 e. The van der Waals surface area contributed by atoms with E-state index in [1.54, 1.807) is 12.3 Å². The van der Waals surface area contributed by atoms with Crippen molar-refractivity contribution in [2.45, 2.75) is 39.0 Å². The summed E-state index contributed by atoms with van der Waals surface area (Å²) < 4.78 is 52.1. The summed E-state index contributed by atoms with van der Waals surface area (Å²) in [4.78, 5) is 16.4. The first-order chi connectivity index (χ1) is 16.7. The number of aromatic nitrogens is 2. The van der Waals surface area contributed by atoms with Crippen molar-refractivity contribution >= 4 is 41.0 Å². The van der Waals surface area contributed by atoms with E-state index < -0.39 is 29.3 Å². The molecule has 0 bridgehead atoms. The average molecular weight is 538 g/mol. The van der Waals surface area contributed by atoms with Gasteiger partial charge >= 0.3 is 29.3 Å². The maximum atomic E-state index is 12.6. The molecule has 0 amide bonds. The van der Waals surface area contributed by atoms with Gasteiger partial charge in [-0.25, -0.2) is 4.79 Å². The molecular weight excluding hydrogens is 509 g/mol. The highest BCUT2D eigenvalue weighted by atomic mass is 31.3. The molecule has 2 heterocycles. The monoisotopic (exact) mass is 538 g/mol. The number of hydrogen-bond acceptors (Lipinski definition) is 8. The number of furan rings is 1. The van der Waals surface area contributed by atoms with Gasteiger partial charge in [-0.15, -0.1) is 0 Å². The molecule has 0 aliphatic heterocycles. The Labute approximate surface area is 205 Å². The molecular formula is C23H29N2O7P3+2. The molecule has 0 aliphatic carbocycles. The van der Waals surface area contributed by atoms with Crippen molar-refractivity contribution in [3.63, 3.8) is 0 Å². The highest BCUT2D eigenvalue weighted by molar-refractivity contribution is 7.66. The van der Waals surface area contributed by atoms with Gasteiger partial charge < -0.3 is 4.42 Å². The van der Waals surface area contributed by atoms with Crippen LogP contribution >= 0.6 is 23.7 Å². The molecule has 0 fully saturated rings. The fourth-order valence-electron chi connectivity index (χ4n) is 3.46. The van der Waals surface area contributed by atoms with Gasteiger partial charge in [-0.1, -0.05) is 58.7 Å². The number of rotatable bonds is 13. The van der Waals surface area contributed by atoms with Gasteiger partial charge in [0.25, 0.3) is 0 Å². The van der Waals surface area contributed by atoms with Gasteiger partial charge in [-0.3, -0.25) is 9.13 Å². The molecule has 0 spiro atoms. The van der Waals surface area contributed by atoms with Crippen molar-refractivity contribution in [2.24, 2.45) is 0 Å². The first kappa shape index (κ1) is 27.3. The normalized spacial score (nSPS) is 14.4. The van der Waals surface area contributed by atoms with E-state index in [1.165, 1.54) is 48.9 Å². The second-order valence-corrected chi connectivity index (χ2v) is 12.7. The summed E-state index contributed by atoms with van der Waals surface area (Å²) >= 11 is 0. The summed E-state index contributed by atoms with van der Waals surface area (Å²) in [7, 11) is -8.18. The van der Waals surface area contributed by atoms with Gasteiger partial charge in [-0.2, -0.15) is 4.98 Å². The first-order valence-electron chi connectivity index (χ1n) is 11.3. The second kappa shape index (κ2) is 12.6. The van der Waals surface area contributed by atoms with Crippen LogP contribution in [0.5, 0.6) is 0 Å². The van der Waals surface area contributed by atoms with Gasteiger partial charge in [0.05, 0.1) is 11.5 Å². The Morgan fingerprint density at radius 3 is 2.43 bits per heavy atom. The molecule has 0 aliphatic rings. The van der Waals surface area contributed by atoms with Crippen molar-refractivity contribution in [1.82, 2.24) is 9.55 Å². The summed E-state index contributed by atoms with van der Waals surface area (Å²) in [5, 5.41) is 0.652. The van der Waals surface area contributed by atoms with E-state index in [0.29, 0.717) is 11.1 Å². The molecule has 35 heavy (non-hydrogen) atoms. The van der Waals surface area contributed by atoms with Crippen molar-refractivity contribution < 1.29 is 26.7 Å². The number of fused-ring (bicyclic) bond motifs is 1. The second-order valence-electron chi connectivity index (χ2n) is 8.01. The topological polar surface area (TPSA) is 118 Å². The fourth-order valence-corrected chi connectivity index (χ4v) is 7.77. The third kappa shape index (κ3) is 8.13. The summed E-state index contributed by atoms with van der Waals surface area (Å²) in [6.45, 7) is 4.67. The van der Waals surface area contributed by atoms with Gasteiger partial charge in [0.2, 0.25) is 5.71 Å². The molecule has 2 atom stereocenters. The van der Waals surface area contributed by atoms with Crippen LogP contribution in [-0.2, 0) is 28.7 Å². The van der Waals surface area contributed by atoms with E-state index in [-0.39, 0.29) is 18.3 Å². The number of nitrogens with zero attached hydrogens (tertiary/aromatic N) is 2. The Kier molecular flexibility index (Phi) is 9.85. The van der Waals surface area contributed by atoms with Gasteiger partial charge in [0.1, 0.15) is 5.76 Å². The predicted octanol–water partition coefficient (Wildman–Crippen LogP) is 7.22. The summed E-state index contributed by atoms with van der Waals surface area (Å²) in [5.74, 6) is 0.617. The third-order valence-corrected chi connectivity index (χ3v) is 9.69. The first-order valence-corrected chi connectivity index (χ1v) is 16.3.